The van der Waals surface area contributed by atoms with Gasteiger partial charge in [-0.3, -0.25) is 4.98 Å². The maximum Gasteiger partial charge on any atom is 0.0404 e. The van der Waals surface area contributed by atoms with Crippen LogP contribution in [0.5, 0.6) is 0 Å². The smallest absolute Gasteiger partial charge is 0.0404 e. The molecule has 0 aliphatic rings. The van der Waals surface area contributed by atoms with E-state index in [9.17, 15) is 0 Å². The summed E-state index contributed by atoms with van der Waals surface area (Å²) in [7, 11) is 0. The minimum absolute atomic E-state index is 0.133. The molecule has 0 fully saturated rings. The Hall–Kier alpha value is -1.19. The van der Waals surface area contributed by atoms with Crippen LogP contribution in [0.25, 0.3) is 0 Å². The summed E-state index contributed by atoms with van der Waals surface area (Å²) in [5, 5.41) is 2.10. The summed E-state index contributed by atoms with van der Waals surface area (Å²) in [6, 6.07) is 8.26. The number of rotatable bonds is 4. The van der Waals surface area contributed by atoms with Crippen LogP contribution in [-0.4, -0.2) is 4.98 Å². The number of hydrogen-bond acceptors (Lipinski definition) is 3. The van der Waals surface area contributed by atoms with Crippen molar-refractivity contribution >= 4 is 11.3 Å². The summed E-state index contributed by atoms with van der Waals surface area (Å²) in [5.74, 6) is 0. The second kappa shape index (κ2) is 5.23. The van der Waals surface area contributed by atoms with Crippen molar-refractivity contribution in [1.82, 2.24) is 4.98 Å². The number of nitrogens with two attached hydrogens (primary N) is 1. The highest BCUT2D eigenvalue weighted by molar-refractivity contribution is 7.10. The van der Waals surface area contributed by atoms with Crippen LogP contribution in [0.1, 0.15) is 28.6 Å². The van der Waals surface area contributed by atoms with Gasteiger partial charge in [0.1, 0.15) is 0 Å². The fourth-order valence-electron chi connectivity index (χ4n) is 1.78. The SMILES string of the molecule is Cc1sccc1C(N)CCc1ccccn1. The van der Waals surface area contributed by atoms with Crippen molar-refractivity contribution in [3.8, 4) is 0 Å². The molecule has 2 nitrogen and oxygen atoms in total. The molecular weight excluding hydrogens is 216 g/mol. The Morgan fingerprint density at radius 1 is 1.38 bits per heavy atom. The lowest BCUT2D eigenvalue weighted by Crippen LogP contribution is -2.11. The monoisotopic (exact) mass is 232 g/mol. The van der Waals surface area contributed by atoms with Crippen molar-refractivity contribution in [2.24, 2.45) is 5.73 Å². The Balaban J connectivity index is 1.94. The summed E-state index contributed by atoms with van der Waals surface area (Å²) in [6.45, 7) is 2.13. The van der Waals surface area contributed by atoms with Crippen LogP contribution in [0.4, 0.5) is 0 Å². The van der Waals surface area contributed by atoms with Gasteiger partial charge in [0.25, 0.3) is 0 Å². The Morgan fingerprint density at radius 3 is 2.88 bits per heavy atom. The Labute approximate surface area is 100 Å². The lowest BCUT2D eigenvalue weighted by Gasteiger charge is -2.10. The molecule has 2 rings (SSSR count). The molecule has 1 unspecified atom stereocenters. The third kappa shape index (κ3) is 2.68. The number of pyridine rings is 1. The van der Waals surface area contributed by atoms with Crippen LogP contribution >= 0.6 is 11.3 Å². The number of aryl methyl sites for hydroxylation is 2. The highest BCUT2D eigenvalue weighted by Crippen LogP contribution is 2.23. The zero-order valence-electron chi connectivity index (χ0n) is 9.39. The van der Waals surface area contributed by atoms with Crippen molar-refractivity contribution < 1.29 is 0 Å². The molecule has 2 N–H and O–H groups in total. The number of hydrogen-bond donors (Lipinski definition) is 1. The fourth-order valence-corrected chi connectivity index (χ4v) is 2.56. The molecule has 2 aromatic heterocycles. The molecule has 2 aromatic rings. The first-order chi connectivity index (χ1) is 7.77. The minimum Gasteiger partial charge on any atom is -0.324 e. The van der Waals surface area contributed by atoms with Gasteiger partial charge >= 0.3 is 0 Å². The average Bonchev–Trinajstić information content (AvgIpc) is 2.74. The Bertz CT molecular complexity index is 436. The predicted molar refractivity (Wildman–Crippen MR) is 68.5 cm³/mol. The van der Waals surface area contributed by atoms with Crippen LogP contribution in [0.15, 0.2) is 35.8 Å². The fraction of sp³-hybridized carbons (Fsp3) is 0.308. The van der Waals surface area contributed by atoms with E-state index in [0.29, 0.717) is 0 Å². The number of nitrogens with zero attached hydrogens (tertiary/aromatic N) is 1. The van der Waals surface area contributed by atoms with Gasteiger partial charge in [0.05, 0.1) is 0 Å². The van der Waals surface area contributed by atoms with Gasteiger partial charge in [0.2, 0.25) is 0 Å². The Morgan fingerprint density at radius 2 is 2.25 bits per heavy atom. The predicted octanol–water partition coefficient (Wildman–Crippen LogP) is 3.08. The quantitative estimate of drug-likeness (QED) is 0.879. The van der Waals surface area contributed by atoms with E-state index in [4.69, 9.17) is 5.73 Å². The number of aromatic nitrogens is 1. The molecule has 3 heteroatoms. The molecule has 0 aromatic carbocycles. The highest BCUT2D eigenvalue weighted by Gasteiger charge is 2.09. The van der Waals surface area contributed by atoms with Crippen molar-refractivity contribution in [2.75, 3.05) is 0 Å². The average molecular weight is 232 g/mol. The molecule has 84 valence electrons. The van der Waals surface area contributed by atoms with Crippen LogP contribution in [0.2, 0.25) is 0 Å². The van der Waals surface area contributed by atoms with Gasteiger partial charge in [-0.25, -0.2) is 0 Å². The molecule has 0 amide bonds. The minimum atomic E-state index is 0.133. The Kier molecular flexibility index (Phi) is 3.70. The molecule has 0 saturated heterocycles. The van der Waals surface area contributed by atoms with E-state index in [2.05, 4.69) is 23.4 Å². The lowest BCUT2D eigenvalue weighted by molar-refractivity contribution is 0.643. The molecule has 0 aliphatic heterocycles. The third-order valence-corrected chi connectivity index (χ3v) is 3.60. The van der Waals surface area contributed by atoms with Gasteiger partial charge in [-0.15, -0.1) is 11.3 Å². The van der Waals surface area contributed by atoms with Gasteiger partial charge in [0.15, 0.2) is 0 Å². The van der Waals surface area contributed by atoms with Gasteiger partial charge in [-0.2, -0.15) is 0 Å². The first-order valence-electron chi connectivity index (χ1n) is 5.47. The maximum absolute atomic E-state index is 6.17. The molecule has 1 atom stereocenters. The van der Waals surface area contributed by atoms with E-state index in [1.807, 2.05) is 24.4 Å². The van der Waals surface area contributed by atoms with E-state index < -0.39 is 0 Å². The van der Waals surface area contributed by atoms with Crippen molar-refractivity contribution in [1.29, 1.82) is 0 Å². The normalized spacial score (nSPS) is 12.6. The number of thiophene rings is 1. The van der Waals surface area contributed by atoms with Crippen LogP contribution in [0.3, 0.4) is 0 Å². The third-order valence-electron chi connectivity index (χ3n) is 2.74. The zero-order valence-corrected chi connectivity index (χ0v) is 10.2. The van der Waals surface area contributed by atoms with Crippen molar-refractivity contribution in [3.05, 3.63) is 52.0 Å². The first-order valence-corrected chi connectivity index (χ1v) is 6.35. The second-order valence-electron chi connectivity index (χ2n) is 3.90. The summed E-state index contributed by atoms with van der Waals surface area (Å²) < 4.78 is 0. The topological polar surface area (TPSA) is 38.9 Å². The molecule has 0 aliphatic carbocycles. The molecule has 0 spiro atoms. The van der Waals surface area contributed by atoms with Gasteiger partial charge < -0.3 is 5.73 Å². The van der Waals surface area contributed by atoms with Crippen molar-refractivity contribution in [2.45, 2.75) is 25.8 Å². The molecule has 16 heavy (non-hydrogen) atoms. The summed E-state index contributed by atoms with van der Waals surface area (Å²) in [4.78, 5) is 5.63. The van der Waals surface area contributed by atoms with E-state index in [1.54, 1.807) is 11.3 Å². The largest absolute Gasteiger partial charge is 0.324 e. The van der Waals surface area contributed by atoms with E-state index in [0.717, 1.165) is 18.5 Å². The lowest BCUT2D eigenvalue weighted by atomic mass is 10.0. The zero-order chi connectivity index (χ0) is 11.4. The van der Waals surface area contributed by atoms with Crippen LogP contribution < -0.4 is 5.73 Å². The second-order valence-corrected chi connectivity index (χ2v) is 5.02. The standard InChI is InChI=1S/C13H16N2S/c1-10-12(7-9-16-10)13(14)6-5-11-4-2-3-8-15-11/h2-4,7-9,13H,5-6,14H2,1H3. The van der Waals surface area contributed by atoms with E-state index in [-0.39, 0.29) is 6.04 Å². The first kappa shape index (κ1) is 11.3. The van der Waals surface area contributed by atoms with E-state index >= 15 is 0 Å². The van der Waals surface area contributed by atoms with Crippen LogP contribution in [0, 0.1) is 6.92 Å². The maximum atomic E-state index is 6.17. The summed E-state index contributed by atoms with van der Waals surface area (Å²) >= 11 is 1.76. The van der Waals surface area contributed by atoms with Gasteiger partial charge in [-0.05, 0) is 48.9 Å². The van der Waals surface area contributed by atoms with Gasteiger partial charge in [0, 0.05) is 22.8 Å². The highest BCUT2D eigenvalue weighted by atomic mass is 32.1. The molecule has 0 radical (unpaired) electrons. The van der Waals surface area contributed by atoms with Crippen LogP contribution in [-0.2, 0) is 6.42 Å². The summed E-state index contributed by atoms with van der Waals surface area (Å²) in [5.41, 5.74) is 8.56. The molecule has 2 heterocycles. The molecule has 0 saturated carbocycles. The van der Waals surface area contributed by atoms with Gasteiger partial charge in [-0.1, -0.05) is 6.07 Å². The summed E-state index contributed by atoms with van der Waals surface area (Å²) in [6.07, 6.45) is 3.72. The molecule has 0 bridgehead atoms. The van der Waals surface area contributed by atoms with Crippen molar-refractivity contribution in [3.63, 3.8) is 0 Å². The van der Waals surface area contributed by atoms with E-state index in [1.165, 1.54) is 10.4 Å². The molecular formula is C13H16N2S.